The van der Waals surface area contributed by atoms with Gasteiger partial charge < -0.3 is 9.47 Å². The number of aryl methyl sites for hydroxylation is 1. The van der Waals surface area contributed by atoms with Gasteiger partial charge in [0.25, 0.3) is 0 Å². The summed E-state index contributed by atoms with van der Waals surface area (Å²) in [5.41, 5.74) is 0.807. The van der Waals surface area contributed by atoms with Crippen molar-refractivity contribution in [2.45, 2.75) is 19.6 Å². The lowest BCUT2D eigenvalue weighted by molar-refractivity contribution is -0.147. The number of hydrogen-bond donors (Lipinski definition) is 0. The second-order valence-electron chi connectivity index (χ2n) is 3.23. The number of aldehydes is 1. The van der Waals surface area contributed by atoms with Crippen LogP contribution in [0.15, 0.2) is 0 Å². The number of rotatable bonds is 2. The third-order valence-electron chi connectivity index (χ3n) is 2.16. The van der Waals surface area contributed by atoms with E-state index in [-0.39, 0.29) is 0 Å². The number of hydrogen-bond acceptors (Lipinski definition) is 5. The standard InChI is InChI=1S/C9H11NO3S/c1-6-8(14-7(5-11)10-6)9(2)12-3-4-13-9/h5H,3-4H2,1-2H3. The third-order valence-corrected chi connectivity index (χ3v) is 3.43. The number of carbonyl (C=O) groups excluding carboxylic acids is 1. The molecule has 0 bridgehead atoms. The van der Waals surface area contributed by atoms with E-state index < -0.39 is 5.79 Å². The Morgan fingerprint density at radius 3 is 2.64 bits per heavy atom. The van der Waals surface area contributed by atoms with Gasteiger partial charge in [-0.2, -0.15) is 0 Å². The number of thiazole rings is 1. The molecule has 0 aromatic carbocycles. The van der Waals surface area contributed by atoms with Crippen molar-refractivity contribution in [1.82, 2.24) is 4.98 Å². The number of nitrogens with zero attached hydrogens (tertiary/aromatic N) is 1. The minimum Gasteiger partial charge on any atom is -0.343 e. The lowest BCUT2D eigenvalue weighted by Crippen LogP contribution is -2.21. The zero-order valence-corrected chi connectivity index (χ0v) is 8.89. The molecule has 0 saturated carbocycles. The van der Waals surface area contributed by atoms with Crippen LogP contribution in [0.4, 0.5) is 0 Å². The summed E-state index contributed by atoms with van der Waals surface area (Å²) in [5.74, 6) is -0.705. The highest BCUT2D eigenvalue weighted by molar-refractivity contribution is 7.13. The molecule has 1 aromatic heterocycles. The van der Waals surface area contributed by atoms with E-state index in [1.807, 2.05) is 13.8 Å². The average Bonchev–Trinajstić information content (AvgIpc) is 2.73. The highest BCUT2D eigenvalue weighted by Gasteiger charge is 2.36. The Morgan fingerprint density at radius 2 is 2.14 bits per heavy atom. The summed E-state index contributed by atoms with van der Waals surface area (Å²) < 4.78 is 11.0. The quantitative estimate of drug-likeness (QED) is 0.698. The maximum Gasteiger partial charge on any atom is 0.203 e. The van der Waals surface area contributed by atoms with Crippen LogP contribution in [0.25, 0.3) is 0 Å². The van der Waals surface area contributed by atoms with E-state index in [9.17, 15) is 4.79 Å². The molecule has 2 heterocycles. The van der Waals surface area contributed by atoms with E-state index in [4.69, 9.17) is 9.47 Å². The van der Waals surface area contributed by atoms with Crippen molar-refractivity contribution < 1.29 is 14.3 Å². The Balaban J connectivity index is 2.39. The molecule has 1 aliphatic rings. The van der Waals surface area contributed by atoms with Gasteiger partial charge in [-0.15, -0.1) is 11.3 Å². The molecular formula is C9H11NO3S. The van der Waals surface area contributed by atoms with Gasteiger partial charge in [0.15, 0.2) is 11.3 Å². The van der Waals surface area contributed by atoms with Gasteiger partial charge >= 0.3 is 0 Å². The number of aromatic nitrogens is 1. The van der Waals surface area contributed by atoms with E-state index >= 15 is 0 Å². The summed E-state index contributed by atoms with van der Waals surface area (Å²) in [6.07, 6.45) is 0.749. The molecule has 0 radical (unpaired) electrons. The van der Waals surface area contributed by atoms with Crippen molar-refractivity contribution >= 4 is 17.6 Å². The van der Waals surface area contributed by atoms with Crippen molar-refractivity contribution in [3.05, 3.63) is 15.6 Å². The fourth-order valence-corrected chi connectivity index (χ4v) is 2.47. The van der Waals surface area contributed by atoms with Gasteiger partial charge in [0, 0.05) is 0 Å². The molecular weight excluding hydrogens is 202 g/mol. The normalized spacial score (nSPS) is 19.9. The van der Waals surface area contributed by atoms with E-state index in [2.05, 4.69) is 4.98 Å². The maximum absolute atomic E-state index is 10.6. The molecule has 5 heteroatoms. The first kappa shape index (κ1) is 9.76. The molecule has 0 atom stereocenters. The van der Waals surface area contributed by atoms with E-state index in [0.717, 1.165) is 16.9 Å². The molecule has 1 fully saturated rings. The molecule has 1 saturated heterocycles. The molecule has 14 heavy (non-hydrogen) atoms. The van der Waals surface area contributed by atoms with Gasteiger partial charge in [-0.3, -0.25) is 4.79 Å². The van der Waals surface area contributed by atoms with E-state index in [1.165, 1.54) is 11.3 Å². The first-order valence-electron chi connectivity index (χ1n) is 4.37. The summed E-state index contributed by atoms with van der Waals surface area (Å²) in [5, 5.41) is 0.470. The van der Waals surface area contributed by atoms with Gasteiger partial charge in [-0.25, -0.2) is 4.98 Å². The van der Waals surface area contributed by atoms with Crippen molar-refractivity contribution in [3.63, 3.8) is 0 Å². The van der Waals surface area contributed by atoms with E-state index in [1.54, 1.807) is 0 Å². The molecule has 0 spiro atoms. The molecule has 0 N–H and O–H groups in total. The second-order valence-corrected chi connectivity index (χ2v) is 4.26. The monoisotopic (exact) mass is 213 g/mol. The van der Waals surface area contributed by atoms with Crippen LogP contribution in [0.1, 0.15) is 27.3 Å². The van der Waals surface area contributed by atoms with Crippen molar-refractivity contribution in [1.29, 1.82) is 0 Å². The van der Waals surface area contributed by atoms with Crippen LogP contribution in [0.5, 0.6) is 0 Å². The average molecular weight is 213 g/mol. The maximum atomic E-state index is 10.6. The molecule has 0 amide bonds. The first-order valence-corrected chi connectivity index (χ1v) is 5.18. The van der Waals surface area contributed by atoms with Crippen LogP contribution < -0.4 is 0 Å². The highest BCUT2D eigenvalue weighted by atomic mass is 32.1. The van der Waals surface area contributed by atoms with Crippen LogP contribution in [0.3, 0.4) is 0 Å². The van der Waals surface area contributed by atoms with Crippen LogP contribution in [-0.2, 0) is 15.3 Å². The Labute approximate surface area is 85.9 Å². The Hall–Kier alpha value is -0.780. The second kappa shape index (κ2) is 3.42. The van der Waals surface area contributed by atoms with Crippen molar-refractivity contribution in [2.24, 2.45) is 0 Å². The third kappa shape index (κ3) is 1.47. The van der Waals surface area contributed by atoms with Gasteiger partial charge in [0.1, 0.15) is 0 Å². The Morgan fingerprint density at radius 1 is 1.50 bits per heavy atom. The smallest absolute Gasteiger partial charge is 0.203 e. The van der Waals surface area contributed by atoms with Crippen LogP contribution in [0, 0.1) is 6.92 Å². The van der Waals surface area contributed by atoms with Gasteiger partial charge in [0.2, 0.25) is 5.79 Å². The van der Waals surface area contributed by atoms with Crippen LogP contribution in [-0.4, -0.2) is 24.5 Å². The predicted octanol–water partition coefficient (Wildman–Crippen LogP) is 1.48. The first-order chi connectivity index (χ1) is 6.65. The van der Waals surface area contributed by atoms with Crippen LogP contribution >= 0.6 is 11.3 Å². The Bertz CT molecular complexity index is 355. The Kier molecular flexibility index (Phi) is 2.38. The molecule has 0 aliphatic carbocycles. The summed E-state index contributed by atoms with van der Waals surface area (Å²) in [7, 11) is 0. The largest absolute Gasteiger partial charge is 0.343 e. The summed E-state index contributed by atoms with van der Waals surface area (Å²) in [6.45, 7) is 4.89. The molecule has 1 aliphatic heterocycles. The summed E-state index contributed by atoms with van der Waals surface area (Å²) in [4.78, 5) is 15.6. The van der Waals surface area contributed by atoms with Gasteiger partial charge in [-0.1, -0.05) is 0 Å². The lowest BCUT2D eigenvalue weighted by atomic mass is 10.2. The van der Waals surface area contributed by atoms with Crippen molar-refractivity contribution in [3.8, 4) is 0 Å². The number of carbonyl (C=O) groups is 1. The van der Waals surface area contributed by atoms with Crippen molar-refractivity contribution in [2.75, 3.05) is 13.2 Å². The lowest BCUT2D eigenvalue weighted by Gasteiger charge is -2.20. The predicted molar refractivity (Wildman–Crippen MR) is 51.5 cm³/mol. The molecule has 1 aromatic rings. The zero-order valence-electron chi connectivity index (χ0n) is 8.07. The summed E-state index contributed by atoms with van der Waals surface area (Å²) >= 11 is 1.33. The minimum atomic E-state index is -0.705. The molecule has 76 valence electrons. The fourth-order valence-electron chi connectivity index (χ4n) is 1.53. The van der Waals surface area contributed by atoms with Crippen LogP contribution in [0.2, 0.25) is 0 Å². The van der Waals surface area contributed by atoms with Gasteiger partial charge in [-0.05, 0) is 13.8 Å². The minimum absolute atomic E-state index is 0.470. The highest BCUT2D eigenvalue weighted by Crippen LogP contribution is 2.36. The summed E-state index contributed by atoms with van der Waals surface area (Å²) in [6, 6.07) is 0. The zero-order chi connectivity index (χ0) is 10.2. The molecule has 0 unspecified atom stereocenters. The SMILES string of the molecule is Cc1nc(C=O)sc1C1(C)OCCO1. The fraction of sp³-hybridized carbons (Fsp3) is 0.556. The molecule has 4 nitrogen and oxygen atoms in total. The topological polar surface area (TPSA) is 48.4 Å². The van der Waals surface area contributed by atoms with Gasteiger partial charge in [0.05, 0.1) is 23.8 Å². The molecule has 2 rings (SSSR count). The number of ether oxygens (including phenoxy) is 2. The van der Waals surface area contributed by atoms with E-state index in [0.29, 0.717) is 18.2 Å².